The van der Waals surface area contributed by atoms with Gasteiger partial charge in [0.1, 0.15) is 11.5 Å². The minimum absolute atomic E-state index is 0.146. The van der Waals surface area contributed by atoms with Gasteiger partial charge < -0.3 is 19.7 Å². The van der Waals surface area contributed by atoms with Gasteiger partial charge in [-0.1, -0.05) is 0 Å². The first-order valence-electron chi connectivity index (χ1n) is 4.71. The van der Waals surface area contributed by atoms with Crippen molar-refractivity contribution in [2.24, 2.45) is 0 Å². The average Bonchev–Trinajstić information content (AvgIpc) is 2.27. The van der Waals surface area contributed by atoms with E-state index in [2.05, 4.69) is 0 Å². The van der Waals surface area contributed by atoms with Crippen LogP contribution < -0.4 is 9.47 Å². The largest absolute Gasteiger partial charge is 0.496 e. The molecule has 1 rings (SSSR count). The summed E-state index contributed by atoms with van der Waals surface area (Å²) in [5, 5.41) is 17.6. The molecule has 0 aliphatic heterocycles. The van der Waals surface area contributed by atoms with Gasteiger partial charge in [-0.3, -0.25) is 0 Å². The molecule has 0 fully saturated rings. The Balaban J connectivity index is 2.97. The Bertz CT molecular complexity index is 361. The number of hydrogen-bond acceptors (Lipinski definition) is 4. The smallest absolute Gasteiger partial charge is 0.341 e. The van der Waals surface area contributed by atoms with Crippen molar-refractivity contribution in [2.75, 3.05) is 13.7 Å². The second kappa shape index (κ2) is 5.37. The van der Waals surface area contributed by atoms with Gasteiger partial charge in [0.05, 0.1) is 13.7 Å². The van der Waals surface area contributed by atoms with Crippen LogP contribution in [0.1, 0.15) is 11.1 Å². The first kappa shape index (κ1) is 12.3. The monoisotopic (exact) mass is 226 g/mol. The third-order valence-electron chi connectivity index (χ3n) is 2.19. The maximum atomic E-state index is 10.3. The van der Waals surface area contributed by atoms with Crippen LogP contribution in [0.4, 0.5) is 0 Å². The van der Waals surface area contributed by atoms with Gasteiger partial charge in [-0.15, -0.1) is 0 Å². The number of aliphatic hydroxyl groups is 1. The standard InChI is InChI=1S/C11H14O5/c1-7-8(5-12)3-9(4-10(7)15-2)16-6-11(13)14/h3-4,12H,5-6H2,1-2H3,(H,13,14). The molecule has 0 aliphatic carbocycles. The number of aliphatic carboxylic acids is 1. The number of carboxylic acids is 1. The number of hydrogen-bond donors (Lipinski definition) is 2. The fourth-order valence-corrected chi connectivity index (χ4v) is 1.32. The third-order valence-corrected chi connectivity index (χ3v) is 2.19. The van der Waals surface area contributed by atoms with Crippen LogP contribution >= 0.6 is 0 Å². The minimum atomic E-state index is -1.05. The first-order chi connectivity index (χ1) is 7.58. The molecule has 5 heteroatoms. The van der Waals surface area contributed by atoms with Crippen LogP contribution in [0.5, 0.6) is 11.5 Å². The quantitative estimate of drug-likeness (QED) is 0.782. The number of benzene rings is 1. The fourth-order valence-electron chi connectivity index (χ4n) is 1.32. The molecule has 0 aliphatic rings. The SMILES string of the molecule is COc1cc(OCC(=O)O)cc(CO)c1C. The highest BCUT2D eigenvalue weighted by atomic mass is 16.5. The van der Waals surface area contributed by atoms with Crippen LogP contribution in [0.15, 0.2) is 12.1 Å². The van der Waals surface area contributed by atoms with Gasteiger partial charge >= 0.3 is 5.97 Å². The predicted octanol–water partition coefficient (Wildman–Crippen LogP) is 0.959. The molecule has 0 spiro atoms. The van der Waals surface area contributed by atoms with Gasteiger partial charge in [-0.2, -0.15) is 0 Å². The van der Waals surface area contributed by atoms with Crippen LogP contribution in [0.3, 0.4) is 0 Å². The Labute approximate surface area is 93.2 Å². The molecule has 0 saturated carbocycles. The maximum absolute atomic E-state index is 10.3. The van der Waals surface area contributed by atoms with Crippen LogP contribution in [-0.2, 0) is 11.4 Å². The van der Waals surface area contributed by atoms with Gasteiger partial charge in [0.2, 0.25) is 0 Å². The van der Waals surface area contributed by atoms with E-state index in [0.29, 0.717) is 17.1 Å². The van der Waals surface area contributed by atoms with Crippen molar-refractivity contribution >= 4 is 5.97 Å². The van der Waals surface area contributed by atoms with E-state index in [4.69, 9.17) is 19.7 Å². The zero-order chi connectivity index (χ0) is 12.1. The van der Waals surface area contributed by atoms with E-state index in [-0.39, 0.29) is 6.61 Å². The van der Waals surface area contributed by atoms with Crippen molar-refractivity contribution in [2.45, 2.75) is 13.5 Å². The van der Waals surface area contributed by atoms with Crippen molar-refractivity contribution in [1.29, 1.82) is 0 Å². The molecule has 0 heterocycles. The molecule has 1 aromatic rings. The molecule has 0 saturated heterocycles. The summed E-state index contributed by atoms with van der Waals surface area (Å²) < 4.78 is 10.1. The lowest BCUT2D eigenvalue weighted by Gasteiger charge is -2.12. The molecule has 0 atom stereocenters. The molecule has 5 nitrogen and oxygen atoms in total. The lowest BCUT2D eigenvalue weighted by molar-refractivity contribution is -0.139. The Kier molecular flexibility index (Phi) is 4.13. The molecule has 1 aromatic carbocycles. The number of ether oxygens (including phenoxy) is 2. The van der Waals surface area contributed by atoms with Gasteiger partial charge in [-0.05, 0) is 24.1 Å². The van der Waals surface area contributed by atoms with E-state index >= 15 is 0 Å². The van der Waals surface area contributed by atoms with Gasteiger partial charge in [0.25, 0.3) is 0 Å². The topological polar surface area (TPSA) is 76.0 Å². The number of aliphatic hydroxyl groups excluding tert-OH is 1. The maximum Gasteiger partial charge on any atom is 0.341 e. The Morgan fingerprint density at radius 1 is 1.44 bits per heavy atom. The molecular weight excluding hydrogens is 212 g/mol. The van der Waals surface area contributed by atoms with E-state index in [1.54, 1.807) is 12.1 Å². The summed E-state index contributed by atoms with van der Waals surface area (Å²) in [6.45, 7) is 1.24. The van der Waals surface area contributed by atoms with Crippen molar-refractivity contribution in [1.82, 2.24) is 0 Å². The fraction of sp³-hybridized carbons (Fsp3) is 0.364. The summed E-state index contributed by atoms with van der Waals surface area (Å²) in [4.78, 5) is 10.3. The van der Waals surface area contributed by atoms with E-state index < -0.39 is 12.6 Å². The average molecular weight is 226 g/mol. The summed E-state index contributed by atoms with van der Waals surface area (Å²) >= 11 is 0. The summed E-state index contributed by atoms with van der Waals surface area (Å²) in [5.74, 6) is -0.120. The second-order valence-electron chi connectivity index (χ2n) is 3.25. The summed E-state index contributed by atoms with van der Waals surface area (Å²) in [7, 11) is 1.50. The zero-order valence-electron chi connectivity index (χ0n) is 9.19. The minimum Gasteiger partial charge on any atom is -0.496 e. The lowest BCUT2D eigenvalue weighted by atomic mass is 10.1. The van der Waals surface area contributed by atoms with Crippen LogP contribution in [0.2, 0.25) is 0 Å². The van der Waals surface area contributed by atoms with E-state index in [9.17, 15) is 4.79 Å². The van der Waals surface area contributed by atoms with Gasteiger partial charge in [0, 0.05) is 6.07 Å². The second-order valence-corrected chi connectivity index (χ2v) is 3.25. The molecule has 2 N–H and O–H groups in total. The van der Waals surface area contributed by atoms with Crippen molar-refractivity contribution in [3.63, 3.8) is 0 Å². The molecule has 0 unspecified atom stereocenters. The Morgan fingerprint density at radius 3 is 2.62 bits per heavy atom. The first-order valence-corrected chi connectivity index (χ1v) is 4.71. The van der Waals surface area contributed by atoms with E-state index in [1.807, 2.05) is 6.92 Å². The van der Waals surface area contributed by atoms with Gasteiger partial charge in [-0.25, -0.2) is 4.79 Å². The number of methoxy groups -OCH3 is 1. The summed E-state index contributed by atoms with van der Waals surface area (Å²) in [6, 6.07) is 3.19. The number of carbonyl (C=O) groups is 1. The van der Waals surface area contributed by atoms with Crippen LogP contribution in [0, 0.1) is 6.92 Å². The van der Waals surface area contributed by atoms with Crippen molar-refractivity contribution < 1.29 is 24.5 Å². The number of rotatable bonds is 5. The molecule has 16 heavy (non-hydrogen) atoms. The highest BCUT2D eigenvalue weighted by molar-refractivity contribution is 5.68. The van der Waals surface area contributed by atoms with E-state index in [0.717, 1.165) is 5.56 Å². The lowest BCUT2D eigenvalue weighted by Crippen LogP contribution is -2.10. The molecule has 88 valence electrons. The molecule has 0 radical (unpaired) electrons. The zero-order valence-corrected chi connectivity index (χ0v) is 9.19. The van der Waals surface area contributed by atoms with Crippen LogP contribution in [0.25, 0.3) is 0 Å². The molecule has 0 bridgehead atoms. The molecular formula is C11H14O5. The Morgan fingerprint density at radius 2 is 2.12 bits per heavy atom. The highest BCUT2D eigenvalue weighted by Gasteiger charge is 2.08. The molecule has 0 amide bonds. The van der Waals surface area contributed by atoms with Gasteiger partial charge in [0.15, 0.2) is 6.61 Å². The van der Waals surface area contributed by atoms with Crippen LogP contribution in [-0.4, -0.2) is 29.9 Å². The number of carboxylic acid groups (broad SMARTS) is 1. The Hall–Kier alpha value is -1.75. The third kappa shape index (κ3) is 2.87. The predicted molar refractivity (Wildman–Crippen MR) is 56.8 cm³/mol. The highest BCUT2D eigenvalue weighted by Crippen LogP contribution is 2.28. The van der Waals surface area contributed by atoms with Crippen molar-refractivity contribution in [3.8, 4) is 11.5 Å². The normalized spacial score (nSPS) is 9.94. The summed E-state index contributed by atoms with van der Waals surface area (Å²) in [5.41, 5.74) is 1.47. The van der Waals surface area contributed by atoms with Crippen molar-refractivity contribution in [3.05, 3.63) is 23.3 Å². The molecule has 0 aromatic heterocycles. The summed E-state index contributed by atoms with van der Waals surface area (Å²) in [6.07, 6.45) is 0. The van der Waals surface area contributed by atoms with E-state index in [1.165, 1.54) is 7.11 Å².